The number of carboxylic acid groups (broad SMARTS) is 1. The molecule has 4 rings (SSSR count). The Morgan fingerprint density at radius 1 is 1.07 bits per heavy atom. The van der Waals surface area contributed by atoms with Crippen molar-refractivity contribution < 1.29 is 9.90 Å². The largest absolute Gasteiger partial charge is 0.478 e. The molecule has 9 heteroatoms. The summed E-state index contributed by atoms with van der Waals surface area (Å²) in [5, 5.41) is 12.4. The molecule has 2 aliphatic heterocycles. The Morgan fingerprint density at radius 2 is 1.74 bits per heavy atom. The van der Waals surface area contributed by atoms with Crippen molar-refractivity contribution in [1.29, 1.82) is 0 Å². The minimum absolute atomic E-state index is 0.00150. The smallest absolute Gasteiger partial charge is 0.335 e. The van der Waals surface area contributed by atoms with Crippen LogP contribution in [0.15, 0.2) is 33.9 Å². The van der Waals surface area contributed by atoms with Gasteiger partial charge in [0.15, 0.2) is 0 Å². The molecule has 2 aliphatic rings. The molecule has 1 aromatic heterocycles. The van der Waals surface area contributed by atoms with Crippen molar-refractivity contribution in [2.45, 2.75) is 25.0 Å². The SMILES string of the molecule is CC1NNC2Nc3c(c(=O)n(C)c(=O)n3C)C(c3ccc(C(=O)O)cc3)C12. The Hall–Kier alpha value is -2.91. The van der Waals surface area contributed by atoms with Gasteiger partial charge in [0, 0.05) is 32.0 Å². The molecular formula is C18H21N5O4. The molecule has 4 unspecified atom stereocenters. The van der Waals surface area contributed by atoms with E-state index < -0.39 is 11.7 Å². The van der Waals surface area contributed by atoms with Gasteiger partial charge in [-0.3, -0.25) is 19.4 Å². The van der Waals surface area contributed by atoms with Crippen molar-refractivity contribution in [1.82, 2.24) is 20.0 Å². The number of nitrogens with zero attached hydrogens (tertiary/aromatic N) is 2. The number of nitrogens with one attached hydrogen (secondary N) is 3. The van der Waals surface area contributed by atoms with Gasteiger partial charge in [-0.15, -0.1) is 0 Å². The molecule has 3 heterocycles. The van der Waals surface area contributed by atoms with Crippen LogP contribution >= 0.6 is 0 Å². The van der Waals surface area contributed by atoms with E-state index in [1.165, 1.54) is 11.6 Å². The second-order valence-corrected chi connectivity index (χ2v) is 7.15. The number of hydrazine groups is 1. The highest BCUT2D eigenvalue weighted by atomic mass is 16.4. The average Bonchev–Trinajstić information content (AvgIpc) is 3.04. The first-order valence-corrected chi connectivity index (χ1v) is 8.72. The van der Waals surface area contributed by atoms with Crippen LogP contribution in [0.25, 0.3) is 0 Å². The molecule has 1 fully saturated rings. The van der Waals surface area contributed by atoms with Crippen molar-refractivity contribution >= 4 is 11.8 Å². The van der Waals surface area contributed by atoms with Gasteiger partial charge in [-0.2, -0.15) is 0 Å². The first-order valence-electron chi connectivity index (χ1n) is 8.72. The number of benzene rings is 1. The van der Waals surface area contributed by atoms with Crippen LogP contribution in [0, 0.1) is 5.92 Å². The summed E-state index contributed by atoms with van der Waals surface area (Å²) >= 11 is 0. The Morgan fingerprint density at radius 3 is 2.37 bits per heavy atom. The number of carboxylic acids is 1. The van der Waals surface area contributed by atoms with Gasteiger partial charge in [-0.25, -0.2) is 15.0 Å². The van der Waals surface area contributed by atoms with Gasteiger partial charge >= 0.3 is 11.7 Å². The molecule has 142 valence electrons. The number of hydrogen-bond donors (Lipinski definition) is 4. The third kappa shape index (κ3) is 2.50. The van der Waals surface area contributed by atoms with Gasteiger partial charge < -0.3 is 10.4 Å². The number of aromatic nitrogens is 2. The Balaban J connectivity index is 1.97. The van der Waals surface area contributed by atoms with E-state index in [0.717, 1.165) is 10.1 Å². The minimum Gasteiger partial charge on any atom is -0.478 e. The van der Waals surface area contributed by atoms with E-state index in [0.29, 0.717) is 11.4 Å². The summed E-state index contributed by atoms with van der Waals surface area (Å²) in [7, 11) is 3.10. The summed E-state index contributed by atoms with van der Waals surface area (Å²) in [6.07, 6.45) is -0.172. The molecule has 2 aromatic rings. The molecule has 1 aromatic carbocycles. The normalized spacial score (nSPS) is 26.2. The van der Waals surface area contributed by atoms with E-state index in [9.17, 15) is 14.4 Å². The fourth-order valence-corrected chi connectivity index (χ4v) is 4.20. The number of aromatic carboxylic acids is 1. The van der Waals surface area contributed by atoms with Crippen molar-refractivity contribution in [2.75, 3.05) is 5.32 Å². The Bertz CT molecular complexity index is 1040. The Kier molecular flexibility index (Phi) is 3.93. The second-order valence-electron chi connectivity index (χ2n) is 7.15. The van der Waals surface area contributed by atoms with Gasteiger partial charge in [0.1, 0.15) is 5.82 Å². The maximum atomic E-state index is 13.0. The van der Waals surface area contributed by atoms with Crippen LogP contribution in [0.3, 0.4) is 0 Å². The zero-order chi connectivity index (χ0) is 19.5. The molecule has 0 spiro atoms. The number of anilines is 1. The number of fused-ring (bicyclic) bond motifs is 2. The summed E-state index contributed by atoms with van der Waals surface area (Å²) in [6.45, 7) is 2.02. The first-order chi connectivity index (χ1) is 12.8. The van der Waals surface area contributed by atoms with Gasteiger partial charge in [0.05, 0.1) is 17.3 Å². The monoisotopic (exact) mass is 371 g/mol. The third-order valence-electron chi connectivity index (χ3n) is 5.63. The van der Waals surface area contributed by atoms with Crippen LogP contribution in [-0.4, -0.2) is 32.4 Å². The van der Waals surface area contributed by atoms with Crippen molar-refractivity contribution in [3.8, 4) is 0 Å². The molecule has 0 aliphatic carbocycles. The summed E-state index contributed by atoms with van der Waals surface area (Å²) in [5.74, 6) is -0.809. The lowest BCUT2D eigenvalue weighted by molar-refractivity contribution is 0.0697. The highest BCUT2D eigenvalue weighted by Gasteiger charge is 2.46. The summed E-state index contributed by atoms with van der Waals surface area (Å²) in [5.41, 5.74) is 7.17. The quantitative estimate of drug-likeness (QED) is 0.576. The lowest BCUT2D eigenvalue weighted by Crippen LogP contribution is -2.50. The van der Waals surface area contributed by atoms with Gasteiger partial charge in [-0.1, -0.05) is 12.1 Å². The predicted molar refractivity (Wildman–Crippen MR) is 98.8 cm³/mol. The fourth-order valence-electron chi connectivity index (χ4n) is 4.20. The van der Waals surface area contributed by atoms with E-state index in [1.54, 1.807) is 31.3 Å². The van der Waals surface area contributed by atoms with Gasteiger partial charge in [-0.05, 0) is 24.6 Å². The molecule has 4 atom stereocenters. The van der Waals surface area contributed by atoms with Crippen LogP contribution in [0.2, 0.25) is 0 Å². The summed E-state index contributed by atoms with van der Waals surface area (Å²) in [4.78, 5) is 36.6. The lowest BCUT2D eigenvalue weighted by Gasteiger charge is -2.38. The minimum atomic E-state index is -0.999. The highest BCUT2D eigenvalue weighted by Crippen LogP contribution is 2.42. The maximum absolute atomic E-state index is 13.0. The van der Waals surface area contributed by atoms with E-state index in [1.807, 2.05) is 6.92 Å². The van der Waals surface area contributed by atoms with E-state index >= 15 is 0 Å². The molecule has 0 saturated carbocycles. The molecular weight excluding hydrogens is 350 g/mol. The lowest BCUT2D eigenvalue weighted by atomic mass is 9.75. The standard InChI is InChI=1S/C18H21N5O4/c1-8-11-12(9-4-6-10(7-5-9)17(25)26)13-15(19-14(11)21-20-8)22(2)18(27)23(3)16(13)24/h4-8,11-12,14,19-21H,1-3H3,(H,25,26). The van der Waals surface area contributed by atoms with Crippen LogP contribution in [0.1, 0.15) is 34.3 Å². The van der Waals surface area contributed by atoms with Crippen LogP contribution in [0.4, 0.5) is 5.82 Å². The predicted octanol–water partition coefficient (Wildman–Crippen LogP) is -0.222. The Labute approximate surface area is 154 Å². The second kappa shape index (κ2) is 6.07. The molecule has 0 radical (unpaired) electrons. The van der Waals surface area contributed by atoms with Gasteiger partial charge in [0.25, 0.3) is 5.56 Å². The number of rotatable bonds is 2. The van der Waals surface area contributed by atoms with Crippen LogP contribution in [0.5, 0.6) is 0 Å². The van der Waals surface area contributed by atoms with Crippen LogP contribution < -0.4 is 27.4 Å². The molecule has 0 amide bonds. The summed E-state index contributed by atoms with van der Waals surface area (Å²) < 4.78 is 2.55. The first kappa shape index (κ1) is 17.5. The zero-order valence-corrected chi connectivity index (χ0v) is 15.2. The van der Waals surface area contributed by atoms with Crippen molar-refractivity contribution in [2.24, 2.45) is 20.0 Å². The van der Waals surface area contributed by atoms with E-state index in [2.05, 4.69) is 16.2 Å². The van der Waals surface area contributed by atoms with E-state index in [-0.39, 0.29) is 35.2 Å². The molecule has 4 N–H and O–H groups in total. The fraction of sp³-hybridized carbons (Fsp3) is 0.389. The van der Waals surface area contributed by atoms with Crippen LogP contribution in [-0.2, 0) is 14.1 Å². The molecule has 27 heavy (non-hydrogen) atoms. The zero-order valence-electron chi connectivity index (χ0n) is 15.2. The van der Waals surface area contributed by atoms with Crippen molar-refractivity contribution in [3.05, 3.63) is 61.8 Å². The van der Waals surface area contributed by atoms with E-state index in [4.69, 9.17) is 5.11 Å². The number of hydrogen-bond acceptors (Lipinski definition) is 6. The van der Waals surface area contributed by atoms with Gasteiger partial charge in [0.2, 0.25) is 0 Å². The third-order valence-corrected chi connectivity index (χ3v) is 5.63. The summed E-state index contributed by atoms with van der Waals surface area (Å²) in [6, 6.07) is 6.63. The molecule has 0 bridgehead atoms. The molecule has 9 nitrogen and oxygen atoms in total. The topological polar surface area (TPSA) is 117 Å². The van der Waals surface area contributed by atoms with Crippen molar-refractivity contribution in [3.63, 3.8) is 0 Å². The maximum Gasteiger partial charge on any atom is 0.335 e. The number of carbonyl (C=O) groups is 1. The highest BCUT2D eigenvalue weighted by molar-refractivity contribution is 5.87. The average molecular weight is 371 g/mol. The molecule has 1 saturated heterocycles.